The zero-order chi connectivity index (χ0) is 15.5. The van der Waals surface area contributed by atoms with Gasteiger partial charge in [-0.05, 0) is 24.4 Å². The summed E-state index contributed by atoms with van der Waals surface area (Å²) in [4.78, 5) is 1.08. The van der Waals surface area contributed by atoms with Crippen LogP contribution in [0.4, 0.5) is 0 Å². The number of nitrogens with one attached hydrogen (secondary N) is 1. The maximum atomic E-state index is 12.6. The average Bonchev–Trinajstić information content (AvgIpc) is 2.88. The molecule has 0 aromatic carbocycles. The molecule has 9 heteroatoms. The van der Waals surface area contributed by atoms with Gasteiger partial charge in [0.1, 0.15) is 0 Å². The van der Waals surface area contributed by atoms with Crippen molar-refractivity contribution in [2.45, 2.75) is 24.8 Å². The molecule has 0 amide bonds. The van der Waals surface area contributed by atoms with E-state index in [2.05, 4.69) is 5.32 Å². The first-order valence-electron chi connectivity index (χ1n) is 6.84. The molecule has 0 saturated carbocycles. The van der Waals surface area contributed by atoms with Gasteiger partial charge in [-0.2, -0.15) is 4.31 Å². The fourth-order valence-electron chi connectivity index (χ4n) is 2.14. The van der Waals surface area contributed by atoms with Crippen LogP contribution in [-0.4, -0.2) is 52.3 Å². The molecule has 21 heavy (non-hydrogen) atoms. The summed E-state index contributed by atoms with van der Waals surface area (Å²) in [5, 5.41) is 4.96. The largest absolute Gasteiger partial charge is 0.312 e. The van der Waals surface area contributed by atoms with Gasteiger partial charge >= 0.3 is 0 Å². The van der Waals surface area contributed by atoms with Crippen molar-refractivity contribution >= 4 is 31.2 Å². The van der Waals surface area contributed by atoms with Crippen molar-refractivity contribution in [2.24, 2.45) is 0 Å². The summed E-state index contributed by atoms with van der Waals surface area (Å²) in [5.41, 5.74) is 0. The zero-order valence-electron chi connectivity index (χ0n) is 11.9. The van der Waals surface area contributed by atoms with Gasteiger partial charge in [0.15, 0.2) is 9.84 Å². The lowest BCUT2D eigenvalue weighted by Crippen LogP contribution is -2.43. The molecule has 2 rings (SSSR count). The van der Waals surface area contributed by atoms with Gasteiger partial charge in [-0.15, -0.1) is 11.3 Å². The van der Waals surface area contributed by atoms with Crippen LogP contribution in [0.3, 0.4) is 0 Å². The molecular weight excluding hydrogens is 332 g/mol. The van der Waals surface area contributed by atoms with E-state index in [9.17, 15) is 16.8 Å². The van der Waals surface area contributed by atoms with Crippen LogP contribution < -0.4 is 5.32 Å². The summed E-state index contributed by atoms with van der Waals surface area (Å²) in [5.74, 6) is -0.195. The monoisotopic (exact) mass is 352 g/mol. The second-order valence-electron chi connectivity index (χ2n) is 4.94. The normalized spacial score (nSPS) is 19.7. The highest BCUT2D eigenvalue weighted by Gasteiger charge is 2.32. The van der Waals surface area contributed by atoms with Crippen molar-refractivity contribution in [3.8, 4) is 0 Å². The molecule has 0 aliphatic carbocycles. The van der Waals surface area contributed by atoms with E-state index in [1.807, 2.05) is 6.92 Å². The predicted octanol–water partition coefficient (Wildman–Crippen LogP) is 0.667. The van der Waals surface area contributed by atoms with E-state index < -0.39 is 19.9 Å². The molecular formula is C12H20N2O4S3. The quantitative estimate of drug-likeness (QED) is 0.761. The van der Waals surface area contributed by atoms with Crippen LogP contribution in [-0.2, 0) is 26.4 Å². The lowest BCUT2D eigenvalue weighted by molar-refractivity contribution is 0.430. The van der Waals surface area contributed by atoms with Gasteiger partial charge in [-0.1, -0.05) is 6.92 Å². The Bertz CT molecular complexity index is 665. The van der Waals surface area contributed by atoms with Crippen molar-refractivity contribution in [3.63, 3.8) is 0 Å². The van der Waals surface area contributed by atoms with Gasteiger partial charge in [0, 0.05) is 24.5 Å². The summed E-state index contributed by atoms with van der Waals surface area (Å²) in [6.45, 7) is 3.49. The second-order valence-corrected chi connectivity index (χ2v) is 10.2. The molecule has 120 valence electrons. The smallest absolute Gasteiger partial charge is 0.244 e. The molecule has 1 aliphatic rings. The van der Waals surface area contributed by atoms with Crippen molar-refractivity contribution in [1.29, 1.82) is 0 Å². The van der Waals surface area contributed by atoms with E-state index in [0.717, 1.165) is 17.8 Å². The van der Waals surface area contributed by atoms with E-state index in [-0.39, 0.29) is 24.6 Å². The summed E-state index contributed by atoms with van der Waals surface area (Å²) >= 11 is 1.40. The van der Waals surface area contributed by atoms with E-state index in [0.29, 0.717) is 11.4 Å². The highest BCUT2D eigenvalue weighted by atomic mass is 32.2. The van der Waals surface area contributed by atoms with Crippen molar-refractivity contribution < 1.29 is 16.8 Å². The second kappa shape index (κ2) is 6.74. The van der Waals surface area contributed by atoms with Gasteiger partial charge in [-0.25, -0.2) is 16.8 Å². The third-order valence-corrected chi connectivity index (χ3v) is 7.98. The average molecular weight is 353 g/mol. The molecule has 0 radical (unpaired) electrons. The molecule has 1 saturated heterocycles. The van der Waals surface area contributed by atoms with Crippen molar-refractivity contribution in [1.82, 2.24) is 9.62 Å². The first-order chi connectivity index (χ1) is 9.87. The summed E-state index contributed by atoms with van der Waals surface area (Å²) in [6, 6.07) is 1.60. The number of sulfonamides is 1. The Labute approximate surface area is 130 Å². The SMILES string of the molecule is CCCNCc1sccc1S(=O)(=O)N1CCS(=O)(=O)CC1. The molecule has 1 N–H and O–H groups in total. The minimum absolute atomic E-state index is 0.0440. The number of sulfone groups is 1. The van der Waals surface area contributed by atoms with Crippen LogP contribution in [0.1, 0.15) is 18.2 Å². The van der Waals surface area contributed by atoms with Crippen LogP contribution in [0, 0.1) is 0 Å². The van der Waals surface area contributed by atoms with E-state index >= 15 is 0 Å². The number of rotatable bonds is 6. The zero-order valence-corrected chi connectivity index (χ0v) is 14.4. The molecule has 0 atom stereocenters. The third-order valence-electron chi connectivity index (χ3n) is 3.34. The summed E-state index contributed by atoms with van der Waals surface area (Å²) in [6.07, 6.45) is 0.984. The standard InChI is InChI=1S/C12H20N2O4S3/c1-2-4-13-10-11-12(3-7-19-11)21(17,18)14-5-8-20(15,16)9-6-14/h3,7,13H,2,4-6,8-10H2,1H3. The number of thiophene rings is 1. The van der Waals surface area contributed by atoms with Crippen LogP contribution in [0.5, 0.6) is 0 Å². The minimum Gasteiger partial charge on any atom is -0.312 e. The molecule has 1 aromatic rings. The number of hydrogen-bond donors (Lipinski definition) is 1. The Morgan fingerprint density at radius 1 is 1.33 bits per heavy atom. The van der Waals surface area contributed by atoms with Gasteiger partial charge in [0.25, 0.3) is 0 Å². The molecule has 0 spiro atoms. The van der Waals surface area contributed by atoms with Crippen molar-refractivity contribution in [3.05, 3.63) is 16.3 Å². The lowest BCUT2D eigenvalue weighted by Gasteiger charge is -2.26. The Balaban J connectivity index is 2.15. The van der Waals surface area contributed by atoms with Crippen LogP contribution in [0.25, 0.3) is 0 Å². The fraction of sp³-hybridized carbons (Fsp3) is 0.667. The maximum absolute atomic E-state index is 12.6. The van der Waals surface area contributed by atoms with Gasteiger partial charge in [-0.3, -0.25) is 0 Å². The lowest BCUT2D eigenvalue weighted by atomic mass is 10.4. The number of nitrogens with zero attached hydrogens (tertiary/aromatic N) is 1. The van der Waals surface area contributed by atoms with E-state index in [1.165, 1.54) is 15.6 Å². The first kappa shape index (κ1) is 16.9. The Hall–Kier alpha value is -0.480. The minimum atomic E-state index is -3.60. The highest BCUT2D eigenvalue weighted by molar-refractivity contribution is 7.92. The topological polar surface area (TPSA) is 83.6 Å². The third kappa shape index (κ3) is 4.04. The summed E-state index contributed by atoms with van der Waals surface area (Å²) in [7, 11) is -6.69. The molecule has 0 unspecified atom stereocenters. The molecule has 1 aromatic heterocycles. The summed E-state index contributed by atoms with van der Waals surface area (Å²) < 4.78 is 49.4. The van der Waals surface area contributed by atoms with Crippen LogP contribution in [0.15, 0.2) is 16.3 Å². The molecule has 0 bridgehead atoms. The molecule has 1 aliphatic heterocycles. The fourth-order valence-corrected chi connectivity index (χ4v) is 6.40. The molecule has 1 fully saturated rings. The van der Waals surface area contributed by atoms with Gasteiger partial charge in [0.2, 0.25) is 10.0 Å². The highest BCUT2D eigenvalue weighted by Crippen LogP contribution is 2.26. The Morgan fingerprint density at radius 2 is 2.00 bits per heavy atom. The first-order valence-corrected chi connectivity index (χ1v) is 11.0. The molecule has 2 heterocycles. The Morgan fingerprint density at radius 3 is 2.62 bits per heavy atom. The van der Waals surface area contributed by atoms with E-state index in [1.54, 1.807) is 11.4 Å². The van der Waals surface area contributed by atoms with Gasteiger partial charge < -0.3 is 5.32 Å². The Kier molecular flexibility index (Phi) is 5.42. The number of hydrogen-bond acceptors (Lipinski definition) is 6. The van der Waals surface area contributed by atoms with Crippen LogP contribution in [0.2, 0.25) is 0 Å². The predicted molar refractivity (Wildman–Crippen MR) is 83.7 cm³/mol. The van der Waals surface area contributed by atoms with Crippen LogP contribution >= 0.6 is 11.3 Å². The maximum Gasteiger partial charge on any atom is 0.244 e. The van der Waals surface area contributed by atoms with E-state index in [4.69, 9.17) is 0 Å². The molecule has 6 nitrogen and oxygen atoms in total. The van der Waals surface area contributed by atoms with Crippen molar-refractivity contribution in [2.75, 3.05) is 31.1 Å². The van der Waals surface area contributed by atoms with Gasteiger partial charge in [0.05, 0.1) is 16.4 Å².